The first-order valence-electron chi connectivity index (χ1n) is 3.89. The topological polar surface area (TPSA) is 40.9 Å². The van der Waals surface area contributed by atoms with Crippen LogP contribution < -0.4 is 0 Å². The molecule has 0 aliphatic heterocycles. The molecule has 0 amide bonds. The fourth-order valence-electron chi connectivity index (χ4n) is 0.926. The molecule has 0 aliphatic carbocycles. The van der Waals surface area contributed by atoms with Crippen LogP contribution in [-0.2, 0) is 11.2 Å². The van der Waals surface area contributed by atoms with Crippen molar-refractivity contribution in [1.29, 1.82) is 5.26 Å². The van der Waals surface area contributed by atoms with E-state index in [1.165, 1.54) is 0 Å². The molecule has 0 N–H and O–H groups in total. The molecule has 2 nitrogen and oxygen atoms in total. The molecule has 66 valence electrons. The van der Waals surface area contributed by atoms with Gasteiger partial charge in [-0.3, -0.25) is 0 Å². The monoisotopic (exact) mass is 239 g/mol. The maximum atomic E-state index is 11.2. The van der Waals surface area contributed by atoms with Crippen molar-refractivity contribution in [2.24, 2.45) is 0 Å². The Bertz CT molecular complexity index is 315. The van der Waals surface area contributed by atoms with Crippen LogP contribution in [0.2, 0.25) is 5.32 Å². The zero-order chi connectivity index (χ0) is 9.52. The van der Waals surface area contributed by atoms with Gasteiger partial charge in [-0.05, 0) is 0 Å². The Morgan fingerprint density at radius 3 is 2.69 bits per heavy atom. The van der Waals surface area contributed by atoms with Crippen LogP contribution in [0, 0.1) is 11.3 Å². The predicted octanol–water partition coefficient (Wildman–Crippen LogP) is 1.40. The maximum absolute atomic E-state index is 11.2. The van der Waals surface area contributed by atoms with Crippen LogP contribution in [0.3, 0.4) is 0 Å². The summed E-state index contributed by atoms with van der Waals surface area (Å²) < 4.78 is 0.195. The Kier molecular flexibility index (Phi) is 4.25. The first kappa shape index (κ1) is 9.98. The molecular formula is C10H9NOSe. The average Bonchev–Trinajstić information content (AvgIpc) is 2.16. The molecule has 1 aromatic carbocycles. The molecule has 0 saturated carbocycles. The van der Waals surface area contributed by atoms with Crippen LogP contribution >= 0.6 is 0 Å². The van der Waals surface area contributed by atoms with Crippen molar-refractivity contribution in [3.63, 3.8) is 0 Å². The van der Waals surface area contributed by atoms with Crippen LogP contribution in [0.15, 0.2) is 30.3 Å². The van der Waals surface area contributed by atoms with Gasteiger partial charge < -0.3 is 0 Å². The fraction of sp³-hybridized carbons (Fsp3) is 0.200. The number of hydrogen-bond acceptors (Lipinski definition) is 2. The van der Waals surface area contributed by atoms with Gasteiger partial charge in [0, 0.05) is 0 Å². The van der Waals surface area contributed by atoms with E-state index < -0.39 is 0 Å². The van der Waals surface area contributed by atoms with Crippen LogP contribution in [-0.4, -0.2) is 19.6 Å². The normalized spacial score (nSPS) is 9.15. The summed E-state index contributed by atoms with van der Waals surface area (Å²) in [5, 5.41) is 8.68. The molecule has 0 aliphatic rings. The number of nitriles is 1. The average molecular weight is 238 g/mol. The summed E-state index contributed by atoms with van der Waals surface area (Å²) in [6.45, 7) is 0. The van der Waals surface area contributed by atoms with E-state index in [9.17, 15) is 4.79 Å². The van der Waals surface area contributed by atoms with Crippen molar-refractivity contribution in [2.75, 3.05) is 0 Å². The van der Waals surface area contributed by atoms with Crippen LogP contribution in [0.5, 0.6) is 0 Å². The minimum absolute atomic E-state index is 0.162. The summed E-state index contributed by atoms with van der Waals surface area (Å²) in [6.07, 6.45) is 0.475. The van der Waals surface area contributed by atoms with E-state index in [1.54, 1.807) is 0 Å². The fourth-order valence-corrected chi connectivity index (χ4v) is 1.96. The quantitative estimate of drug-likeness (QED) is 0.744. The number of benzene rings is 1. The van der Waals surface area contributed by atoms with Crippen molar-refractivity contribution < 1.29 is 4.79 Å². The molecule has 3 heteroatoms. The second kappa shape index (κ2) is 5.53. The second-order valence-electron chi connectivity index (χ2n) is 2.48. The number of rotatable bonds is 4. The Morgan fingerprint density at radius 1 is 1.38 bits per heavy atom. The molecule has 0 radical (unpaired) electrons. The third kappa shape index (κ3) is 3.89. The van der Waals surface area contributed by atoms with Crippen LogP contribution in [0.1, 0.15) is 5.56 Å². The Hall–Kier alpha value is -1.10. The molecule has 0 atom stereocenters. The summed E-state index contributed by atoms with van der Waals surface area (Å²) in [5.74, 6) is 0. The number of carbonyl (C=O) groups is 1. The Morgan fingerprint density at radius 2 is 2.08 bits per heavy atom. The molecule has 13 heavy (non-hydrogen) atoms. The van der Waals surface area contributed by atoms with E-state index in [0.717, 1.165) is 5.56 Å². The van der Waals surface area contributed by atoms with Crippen molar-refractivity contribution in [2.45, 2.75) is 11.7 Å². The van der Waals surface area contributed by atoms with E-state index >= 15 is 0 Å². The summed E-state index contributed by atoms with van der Waals surface area (Å²) in [7, 11) is 0. The standard InChI is InChI=1S/C10H9NOSe/c11-6-7-13-10(12)8-9-4-2-1-3-5-9/h1-5H,7-8H2. The summed E-state index contributed by atoms with van der Waals surface area (Å²) in [5.41, 5.74) is 1.03. The molecule has 0 bridgehead atoms. The first-order chi connectivity index (χ1) is 6.33. The van der Waals surface area contributed by atoms with Gasteiger partial charge in [-0.25, -0.2) is 0 Å². The predicted molar refractivity (Wildman–Crippen MR) is 51.3 cm³/mol. The van der Waals surface area contributed by atoms with Gasteiger partial charge in [0.1, 0.15) is 0 Å². The van der Waals surface area contributed by atoms with Gasteiger partial charge in [0.25, 0.3) is 0 Å². The van der Waals surface area contributed by atoms with Gasteiger partial charge >= 0.3 is 83.4 Å². The zero-order valence-electron chi connectivity index (χ0n) is 7.06. The molecule has 1 rings (SSSR count). The van der Waals surface area contributed by atoms with Gasteiger partial charge in [-0.1, -0.05) is 0 Å². The van der Waals surface area contributed by atoms with Gasteiger partial charge in [0.2, 0.25) is 0 Å². The summed E-state index contributed by atoms with van der Waals surface area (Å²) in [6, 6.07) is 11.6. The molecule has 0 heterocycles. The van der Waals surface area contributed by atoms with Gasteiger partial charge in [0.05, 0.1) is 0 Å². The molecule has 0 fully saturated rings. The van der Waals surface area contributed by atoms with Crippen molar-refractivity contribution in [3.05, 3.63) is 35.9 Å². The van der Waals surface area contributed by atoms with Crippen molar-refractivity contribution in [1.82, 2.24) is 0 Å². The molecule has 0 saturated heterocycles. The first-order valence-corrected chi connectivity index (χ1v) is 5.96. The number of nitrogens with zero attached hydrogens (tertiary/aromatic N) is 1. The molecular weight excluding hydrogens is 229 g/mol. The zero-order valence-corrected chi connectivity index (χ0v) is 8.78. The van der Waals surface area contributed by atoms with Crippen molar-refractivity contribution in [3.8, 4) is 6.07 Å². The molecule has 1 aromatic rings. The summed E-state index contributed by atoms with van der Waals surface area (Å²) in [4.78, 5) is 11.2. The van der Waals surface area contributed by atoms with Crippen LogP contribution in [0.25, 0.3) is 0 Å². The molecule has 0 aromatic heterocycles. The van der Waals surface area contributed by atoms with E-state index in [2.05, 4.69) is 0 Å². The molecule has 0 spiro atoms. The van der Waals surface area contributed by atoms with E-state index in [4.69, 9.17) is 5.26 Å². The van der Waals surface area contributed by atoms with Gasteiger partial charge in [-0.15, -0.1) is 0 Å². The third-order valence-electron chi connectivity index (χ3n) is 1.49. The molecule has 0 unspecified atom stereocenters. The van der Waals surface area contributed by atoms with Gasteiger partial charge in [0.15, 0.2) is 0 Å². The van der Waals surface area contributed by atoms with Crippen LogP contribution in [0.4, 0.5) is 0 Å². The SMILES string of the molecule is N#CC[Se]C(=O)Cc1ccccc1. The Labute approximate surface area is 83.7 Å². The second-order valence-corrected chi connectivity index (χ2v) is 4.65. The number of hydrogen-bond donors (Lipinski definition) is 0. The number of carbonyl (C=O) groups excluding carboxylic acids is 1. The van der Waals surface area contributed by atoms with Crippen molar-refractivity contribution >= 4 is 19.6 Å². The third-order valence-corrected chi connectivity index (χ3v) is 3.04. The Balaban J connectivity index is 2.42. The summed E-state index contributed by atoms with van der Waals surface area (Å²) >= 11 is -0.162. The van der Waals surface area contributed by atoms with Gasteiger partial charge in [-0.2, -0.15) is 0 Å². The van der Waals surface area contributed by atoms with E-state index in [0.29, 0.717) is 11.7 Å². The van der Waals surface area contributed by atoms with E-state index in [1.807, 2.05) is 36.4 Å². The minimum atomic E-state index is -0.162. The van der Waals surface area contributed by atoms with E-state index in [-0.39, 0.29) is 19.6 Å².